The third-order valence-corrected chi connectivity index (χ3v) is 4.11. The van der Waals surface area contributed by atoms with Gasteiger partial charge in [-0.25, -0.2) is 4.39 Å². The minimum Gasteiger partial charge on any atom is -0.336 e. The lowest BCUT2D eigenvalue weighted by Gasteiger charge is -2.37. The molecule has 1 saturated heterocycles. The van der Waals surface area contributed by atoms with Crippen LogP contribution in [0, 0.1) is 5.82 Å². The number of benzene rings is 1. The van der Waals surface area contributed by atoms with Crippen molar-refractivity contribution in [3.8, 4) is 0 Å². The average Bonchev–Trinajstić information content (AvgIpc) is 2.41. The zero-order valence-corrected chi connectivity index (χ0v) is 12.8. The van der Waals surface area contributed by atoms with E-state index in [-0.39, 0.29) is 11.7 Å². The summed E-state index contributed by atoms with van der Waals surface area (Å²) in [6.07, 6.45) is 0. The van der Waals surface area contributed by atoms with Gasteiger partial charge < -0.3 is 4.90 Å². The van der Waals surface area contributed by atoms with Crippen molar-refractivity contribution in [2.24, 2.45) is 0 Å². The highest BCUT2D eigenvalue weighted by molar-refractivity contribution is 9.10. The second-order valence-corrected chi connectivity index (χ2v) is 5.91. The maximum absolute atomic E-state index is 13.2. The zero-order valence-electron chi connectivity index (χ0n) is 11.2. The lowest BCUT2D eigenvalue weighted by molar-refractivity contribution is 0.0595. The Bertz CT molecular complexity index is 471. The summed E-state index contributed by atoms with van der Waals surface area (Å²) < 4.78 is 13.5. The van der Waals surface area contributed by atoms with Crippen molar-refractivity contribution < 1.29 is 9.18 Å². The van der Waals surface area contributed by atoms with Gasteiger partial charge in [0.25, 0.3) is 5.91 Å². The Labute approximate surface area is 121 Å². The van der Waals surface area contributed by atoms with Gasteiger partial charge in [-0.05, 0) is 48.0 Å². The van der Waals surface area contributed by atoms with Crippen LogP contribution in [0.3, 0.4) is 0 Å². The van der Waals surface area contributed by atoms with E-state index in [2.05, 4.69) is 34.7 Å². The number of carbonyl (C=O) groups is 1. The van der Waals surface area contributed by atoms with E-state index in [1.54, 1.807) is 6.07 Å². The van der Waals surface area contributed by atoms with E-state index < -0.39 is 0 Å². The predicted octanol–water partition coefficient (Wildman–Crippen LogP) is 2.75. The van der Waals surface area contributed by atoms with Crippen LogP contribution in [0.1, 0.15) is 24.2 Å². The van der Waals surface area contributed by atoms with Gasteiger partial charge in [0.1, 0.15) is 5.82 Å². The topological polar surface area (TPSA) is 23.6 Å². The van der Waals surface area contributed by atoms with Gasteiger partial charge in [0.2, 0.25) is 0 Å². The molecule has 0 atom stereocenters. The van der Waals surface area contributed by atoms with Gasteiger partial charge in [0.15, 0.2) is 0 Å². The van der Waals surface area contributed by atoms with Crippen LogP contribution in [0.5, 0.6) is 0 Å². The molecule has 1 aromatic rings. The maximum Gasteiger partial charge on any atom is 0.253 e. The number of carbonyl (C=O) groups excluding carboxylic acids is 1. The normalized spacial score (nSPS) is 17.0. The molecule has 104 valence electrons. The molecule has 0 saturated carbocycles. The van der Waals surface area contributed by atoms with E-state index in [0.29, 0.717) is 16.1 Å². The minimum atomic E-state index is -0.346. The molecule has 1 amide bonds. The van der Waals surface area contributed by atoms with Crippen LogP contribution in [0.2, 0.25) is 0 Å². The zero-order chi connectivity index (χ0) is 14.0. The molecule has 0 unspecified atom stereocenters. The third-order valence-electron chi connectivity index (χ3n) is 3.50. The van der Waals surface area contributed by atoms with Crippen molar-refractivity contribution in [2.45, 2.75) is 19.9 Å². The molecule has 0 N–H and O–H groups in total. The summed E-state index contributed by atoms with van der Waals surface area (Å²) >= 11 is 3.11. The van der Waals surface area contributed by atoms with Crippen LogP contribution in [0.15, 0.2) is 22.7 Å². The average molecular weight is 329 g/mol. The highest BCUT2D eigenvalue weighted by Gasteiger charge is 2.23. The van der Waals surface area contributed by atoms with E-state index in [1.807, 2.05) is 4.90 Å². The van der Waals surface area contributed by atoms with Gasteiger partial charge in [0.05, 0.1) is 4.47 Å². The maximum atomic E-state index is 13.2. The fourth-order valence-electron chi connectivity index (χ4n) is 2.25. The molecule has 1 heterocycles. The molecule has 3 nitrogen and oxygen atoms in total. The fraction of sp³-hybridized carbons (Fsp3) is 0.500. The third kappa shape index (κ3) is 3.34. The number of hydrogen-bond donors (Lipinski definition) is 0. The lowest BCUT2D eigenvalue weighted by Crippen LogP contribution is -2.50. The van der Waals surface area contributed by atoms with E-state index in [0.717, 1.165) is 26.2 Å². The molecule has 0 aliphatic carbocycles. The van der Waals surface area contributed by atoms with E-state index in [9.17, 15) is 9.18 Å². The lowest BCUT2D eigenvalue weighted by atomic mass is 10.1. The Morgan fingerprint density at radius 3 is 2.42 bits per heavy atom. The summed E-state index contributed by atoms with van der Waals surface area (Å²) in [5.41, 5.74) is 0.534. The van der Waals surface area contributed by atoms with Gasteiger partial charge in [-0.2, -0.15) is 0 Å². The highest BCUT2D eigenvalue weighted by Crippen LogP contribution is 2.18. The van der Waals surface area contributed by atoms with E-state index in [4.69, 9.17) is 0 Å². The fourth-order valence-corrected chi connectivity index (χ4v) is 2.63. The van der Waals surface area contributed by atoms with Gasteiger partial charge in [-0.15, -0.1) is 0 Å². The smallest absolute Gasteiger partial charge is 0.253 e. The first kappa shape index (κ1) is 14.5. The Hall–Kier alpha value is -0.940. The molecule has 5 heteroatoms. The van der Waals surface area contributed by atoms with Crippen LogP contribution in [0.4, 0.5) is 4.39 Å². The van der Waals surface area contributed by atoms with Crippen molar-refractivity contribution in [2.75, 3.05) is 26.2 Å². The number of halogens is 2. The van der Waals surface area contributed by atoms with Crippen molar-refractivity contribution in [3.63, 3.8) is 0 Å². The number of nitrogens with zero attached hydrogens (tertiary/aromatic N) is 2. The van der Waals surface area contributed by atoms with Gasteiger partial charge in [0, 0.05) is 37.8 Å². The van der Waals surface area contributed by atoms with Gasteiger partial charge in [-0.3, -0.25) is 9.69 Å². The molecule has 1 fully saturated rings. The first-order valence-electron chi connectivity index (χ1n) is 6.47. The summed E-state index contributed by atoms with van der Waals surface area (Å²) in [7, 11) is 0. The molecule has 1 aromatic carbocycles. The molecule has 0 radical (unpaired) electrons. The molecular formula is C14H18BrFN2O. The molecule has 1 aliphatic rings. The van der Waals surface area contributed by atoms with E-state index in [1.165, 1.54) is 12.1 Å². The van der Waals surface area contributed by atoms with E-state index >= 15 is 0 Å². The molecule has 0 aromatic heterocycles. The largest absolute Gasteiger partial charge is 0.336 e. The second-order valence-electron chi connectivity index (χ2n) is 5.05. The Balaban J connectivity index is 2.03. The van der Waals surface area contributed by atoms with Crippen molar-refractivity contribution in [1.82, 2.24) is 9.80 Å². The predicted molar refractivity (Wildman–Crippen MR) is 76.7 cm³/mol. The molecule has 2 rings (SSSR count). The van der Waals surface area contributed by atoms with Crippen LogP contribution in [-0.2, 0) is 0 Å². The monoisotopic (exact) mass is 328 g/mol. The van der Waals surface area contributed by atoms with Crippen molar-refractivity contribution in [3.05, 3.63) is 34.1 Å². The molecule has 0 bridgehead atoms. The second kappa shape index (κ2) is 6.01. The number of hydrogen-bond acceptors (Lipinski definition) is 2. The molecule has 19 heavy (non-hydrogen) atoms. The van der Waals surface area contributed by atoms with Crippen LogP contribution < -0.4 is 0 Å². The van der Waals surface area contributed by atoms with Crippen LogP contribution in [0.25, 0.3) is 0 Å². The Morgan fingerprint density at radius 1 is 1.26 bits per heavy atom. The quantitative estimate of drug-likeness (QED) is 0.833. The number of piperazine rings is 1. The van der Waals surface area contributed by atoms with Crippen molar-refractivity contribution >= 4 is 21.8 Å². The van der Waals surface area contributed by atoms with Crippen LogP contribution in [-0.4, -0.2) is 47.9 Å². The molecular weight excluding hydrogens is 311 g/mol. The summed E-state index contributed by atoms with van der Waals surface area (Å²) in [5, 5.41) is 0. The molecule has 1 aliphatic heterocycles. The molecule has 0 spiro atoms. The summed E-state index contributed by atoms with van der Waals surface area (Å²) in [5.74, 6) is -0.370. The summed E-state index contributed by atoms with van der Waals surface area (Å²) in [6.45, 7) is 7.57. The van der Waals surface area contributed by atoms with Gasteiger partial charge in [-0.1, -0.05) is 0 Å². The summed E-state index contributed by atoms with van der Waals surface area (Å²) in [6, 6.07) is 4.92. The number of amides is 1. The first-order valence-corrected chi connectivity index (χ1v) is 7.26. The first-order chi connectivity index (χ1) is 8.99. The SMILES string of the molecule is CC(C)N1CCN(C(=O)c2ccc(F)c(Br)c2)CC1. The standard InChI is InChI=1S/C14H18BrFN2O/c1-10(2)17-5-7-18(8-6-17)14(19)11-3-4-13(16)12(15)9-11/h3-4,9-10H,5-8H2,1-2H3. The highest BCUT2D eigenvalue weighted by atomic mass is 79.9. The Kier molecular flexibility index (Phi) is 4.58. The summed E-state index contributed by atoms with van der Waals surface area (Å²) in [4.78, 5) is 16.5. The number of rotatable bonds is 2. The van der Waals surface area contributed by atoms with Gasteiger partial charge >= 0.3 is 0 Å². The minimum absolute atomic E-state index is 0.0240. The van der Waals surface area contributed by atoms with Crippen molar-refractivity contribution in [1.29, 1.82) is 0 Å². The van der Waals surface area contributed by atoms with Crippen LogP contribution >= 0.6 is 15.9 Å². The Morgan fingerprint density at radius 2 is 1.89 bits per heavy atom.